The molecule has 118 valence electrons. The zero-order valence-electron chi connectivity index (χ0n) is 12.1. The first kappa shape index (κ1) is 17.9. The molecule has 0 spiro atoms. The molecule has 2 amide bonds. The molecule has 0 bridgehead atoms. The van der Waals surface area contributed by atoms with Crippen molar-refractivity contribution in [2.45, 2.75) is 38.3 Å². The van der Waals surface area contributed by atoms with Gasteiger partial charge in [-0.2, -0.15) is 11.3 Å². The molecule has 2 rings (SSSR count). The van der Waals surface area contributed by atoms with Crippen molar-refractivity contribution in [2.24, 2.45) is 5.73 Å². The van der Waals surface area contributed by atoms with Crippen molar-refractivity contribution in [3.05, 3.63) is 22.4 Å². The van der Waals surface area contributed by atoms with Crippen molar-refractivity contribution in [1.82, 2.24) is 10.2 Å². The SMILES string of the molecule is CC(N)CC(=O)N1CCC(NC(=O)c2ccsc2)CC1.Cl. The number of hydrogen-bond acceptors (Lipinski definition) is 4. The molecule has 0 aliphatic carbocycles. The van der Waals surface area contributed by atoms with Crippen molar-refractivity contribution >= 4 is 35.6 Å². The average Bonchev–Trinajstić information content (AvgIpc) is 2.92. The van der Waals surface area contributed by atoms with Gasteiger partial charge in [-0.25, -0.2) is 0 Å². The summed E-state index contributed by atoms with van der Waals surface area (Å²) in [6, 6.07) is 1.88. The van der Waals surface area contributed by atoms with Crippen LogP contribution in [-0.4, -0.2) is 41.9 Å². The van der Waals surface area contributed by atoms with Crippen LogP contribution in [-0.2, 0) is 4.79 Å². The Labute approximate surface area is 135 Å². The predicted molar refractivity (Wildman–Crippen MR) is 86.9 cm³/mol. The number of nitrogens with zero attached hydrogens (tertiary/aromatic N) is 1. The molecule has 1 fully saturated rings. The Balaban J connectivity index is 0.00000220. The molecule has 1 aliphatic heterocycles. The molecule has 0 saturated carbocycles. The van der Waals surface area contributed by atoms with E-state index in [0.29, 0.717) is 25.1 Å². The molecule has 1 aromatic heterocycles. The third-order valence-corrected chi connectivity index (χ3v) is 4.15. The predicted octanol–water partition coefficient (Wildman–Crippen LogP) is 1.63. The first-order chi connectivity index (χ1) is 9.56. The molecule has 1 unspecified atom stereocenters. The summed E-state index contributed by atoms with van der Waals surface area (Å²) in [5.74, 6) is 0.0919. The zero-order chi connectivity index (χ0) is 14.5. The van der Waals surface area contributed by atoms with Crippen molar-refractivity contribution in [2.75, 3.05) is 13.1 Å². The number of likely N-dealkylation sites (tertiary alicyclic amines) is 1. The monoisotopic (exact) mass is 331 g/mol. The van der Waals surface area contributed by atoms with E-state index in [1.807, 2.05) is 28.7 Å². The number of nitrogens with two attached hydrogens (primary N) is 1. The molecule has 5 nitrogen and oxygen atoms in total. The maximum Gasteiger partial charge on any atom is 0.252 e. The van der Waals surface area contributed by atoms with Gasteiger partial charge in [0, 0.05) is 42.5 Å². The van der Waals surface area contributed by atoms with Gasteiger partial charge in [-0.1, -0.05) is 0 Å². The van der Waals surface area contributed by atoms with Crippen molar-refractivity contribution < 1.29 is 9.59 Å². The van der Waals surface area contributed by atoms with Gasteiger partial charge in [0.1, 0.15) is 0 Å². The quantitative estimate of drug-likeness (QED) is 0.880. The van der Waals surface area contributed by atoms with Gasteiger partial charge in [-0.15, -0.1) is 12.4 Å². The Morgan fingerprint density at radius 3 is 2.67 bits per heavy atom. The Bertz CT molecular complexity index is 457. The van der Waals surface area contributed by atoms with E-state index >= 15 is 0 Å². The number of amides is 2. The summed E-state index contributed by atoms with van der Waals surface area (Å²) in [5, 5.41) is 6.76. The van der Waals surface area contributed by atoms with E-state index < -0.39 is 0 Å². The highest BCUT2D eigenvalue weighted by atomic mass is 35.5. The van der Waals surface area contributed by atoms with Gasteiger partial charge < -0.3 is 16.0 Å². The number of halogens is 1. The zero-order valence-corrected chi connectivity index (χ0v) is 13.7. The van der Waals surface area contributed by atoms with Crippen molar-refractivity contribution in [1.29, 1.82) is 0 Å². The number of rotatable bonds is 4. The van der Waals surface area contributed by atoms with Gasteiger partial charge in [0.2, 0.25) is 5.91 Å². The van der Waals surface area contributed by atoms with Gasteiger partial charge in [-0.05, 0) is 31.2 Å². The average molecular weight is 332 g/mol. The summed E-state index contributed by atoms with van der Waals surface area (Å²) in [5.41, 5.74) is 6.36. The van der Waals surface area contributed by atoms with Gasteiger partial charge in [0.15, 0.2) is 0 Å². The molecule has 0 radical (unpaired) electrons. The van der Waals surface area contributed by atoms with Crippen LogP contribution in [0.5, 0.6) is 0 Å². The lowest BCUT2D eigenvalue weighted by Gasteiger charge is -2.32. The van der Waals surface area contributed by atoms with Gasteiger partial charge in [-0.3, -0.25) is 9.59 Å². The van der Waals surface area contributed by atoms with Gasteiger partial charge >= 0.3 is 0 Å². The third-order valence-electron chi connectivity index (χ3n) is 3.46. The van der Waals surface area contributed by atoms with E-state index in [-0.39, 0.29) is 36.3 Å². The second-order valence-corrected chi connectivity index (χ2v) is 6.10. The molecule has 21 heavy (non-hydrogen) atoms. The smallest absolute Gasteiger partial charge is 0.252 e. The molecule has 1 aromatic rings. The molecule has 7 heteroatoms. The highest BCUT2D eigenvalue weighted by Gasteiger charge is 2.24. The van der Waals surface area contributed by atoms with Crippen LogP contribution in [0.4, 0.5) is 0 Å². The summed E-state index contributed by atoms with van der Waals surface area (Å²) in [6.45, 7) is 3.23. The Morgan fingerprint density at radius 2 is 2.14 bits per heavy atom. The van der Waals surface area contributed by atoms with Crippen LogP contribution in [0, 0.1) is 0 Å². The first-order valence-electron chi connectivity index (χ1n) is 6.92. The van der Waals surface area contributed by atoms with Gasteiger partial charge in [0.05, 0.1) is 0 Å². The molecule has 1 saturated heterocycles. The molecular formula is C14H22ClN3O2S. The summed E-state index contributed by atoms with van der Waals surface area (Å²) in [7, 11) is 0. The summed E-state index contributed by atoms with van der Waals surface area (Å²) in [6.07, 6.45) is 2.01. The van der Waals surface area contributed by atoms with Crippen LogP contribution in [0.25, 0.3) is 0 Å². The number of hydrogen-bond donors (Lipinski definition) is 2. The normalized spacial score (nSPS) is 17.0. The second-order valence-electron chi connectivity index (χ2n) is 5.32. The van der Waals surface area contributed by atoms with Crippen LogP contribution in [0.15, 0.2) is 16.8 Å². The molecule has 3 N–H and O–H groups in total. The fraction of sp³-hybridized carbons (Fsp3) is 0.571. The minimum absolute atomic E-state index is 0. The van der Waals surface area contributed by atoms with E-state index in [1.54, 1.807) is 0 Å². The van der Waals surface area contributed by atoms with Crippen LogP contribution in [0.1, 0.15) is 36.5 Å². The maximum absolute atomic E-state index is 11.9. The van der Waals surface area contributed by atoms with Gasteiger partial charge in [0.25, 0.3) is 5.91 Å². The molecule has 1 atom stereocenters. The molecule has 0 aromatic carbocycles. The lowest BCUT2D eigenvalue weighted by Crippen LogP contribution is -2.47. The van der Waals surface area contributed by atoms with Crippen LogP contribution in [0.3, 0.4) is 0 Å². The summed E-state index contributed by atoms with van der Waals surface area (Å²) < 4.78 is 0. The number of carbonyl (C=O) groups excluding carboxylic acids is 2. The van der Waals surface area contributed by atoms with Crippen molar-refractivity contribution in [3.8, 4) is 0 Å². The Morgan fingerprint density at radius 1 is 1.48 bits per heavy atom. The van der Waals surface area contributed by atoms with Crippen LogP contribution >= 0.6 is 23.7 Å². The van der Waals surface area contributed by atoms with Crippen LogP contribution in [0.2, 0.25) is 0 Å². The first-order valence-corrected chi connectivity index (χ1v) is 7.87. The van der Waals surface area contributed by atoms with E-state index in [0.717, 1.165) is 12.8 Å². The summed E-state index contributed by atoms with van der Waals surface area (Å²) in [4.78, 5) is 25.7. The lowest BCUT2D eigenvalue weighted by atomic mass is 10.0. The van der Waals surface area contributed by atoms with E-state index in [2.05, 4.69) is 5.32 Å². The fourth-order valence-electron chi connectivity index (χ4n) is 2.34. The standard InChI is InChI=1S/C14H21N3O2S.ClH/c1-10(15)8-13(18)17-5-2-12(3-6-17)16-14(19)11-4-7-20-9-11;/h4,7,9-10,12H,2-3,5-6,8,15H2,1H3,(H,16,19);1H. The third kappa shape index (κ3) is 5.30. The molecular weight excluding hydrogens is 310 g/mol. The topological polar surface area (TPSA) is 75.4 Å². The summed E-state index contributed by atoms with van der Waals surface area (Å²) >= 11 is 1.51. The maximum atomic E-state index is 11.9. The Kier molecular flexibility index (Phi) is 7.14. The lowest BCUT2D eigenvalue weighted by molar-refractivity contribution is -0.132. The largest absolute Gasteiger partial charge is 0.349 e. The highest BCUT2D eigenvalue weighted by molar-refractivity contribution is 7.08. The number of nitrogens with one attached hydrogen (secondary N) is 1. The minimum atomic E-state index is -0.0986. The molecule has 1 aliphatic rings. The van der Waals surface area contributed by atoms with E-state index in [9.17, 15) is 9.59 Å². The number of piperidine rings is 1. The molecule has 2 heterocycles. The van der Waals surface area contributed by atoms with Crippen molar-refractivity contribution in [3.63, 3.8) is 0 Å². The fourth-order valence-corrected chi connectivity index (χ4v) is 2.98. The number of carbonyl (C=O) groups is 2. The second kappa shape index (κ2) is 8.36. The number of thiophene rings is 1. The van der Waals surface area contributed by atoms with E-state index in [4.69, 9.17) is 5.73 Å². The van der Waals surface area contributed by atoms with Crippen LogP contribution < -0.4 is 11.1 Å². The highest BCUT2D eigenvalue weighted by Crippen LogP contribution is 2.13. The van der Waals surface area contributed by atoms with E-state index in [1.165, 1.54) is 11.3 Å². The minimum Gasteiger partial charge on any atom is -0.349 e. The Hall–Kier alpha value is -1.11.